The molecular formula is C22H26F2N4O. The molecule has 7 heteroatoms. The van der Waals surface area contributed by atoms with Crippen molar-refractivity contribution >= 4 is 22.6 Å². The summed E-state index contributed by atoms with van der Waals surface area (Å²) in [5, 5.41) is 2.95. The van der Waals surface area contributed by atoms with Gasteiger partial charge in [0, 0.05) is 5.69 Å². The number of carbonyl (C=O) groups excluding carboxylic acids is 1. The molecule has 5 nitrogen and oxygen atoms in total. The highest BCUT2D eigenvalue weighted by molar-refractivity contribution is 5.93. The summed E-state index contributed by atoms with van der Waals surface area (Å²) in [4.78, 5) is 18.7. The van der Waals surface area contributed by atoms with Gasteiger partial charge in [0.25, 0.3) is 0 Å². The second-order valence-electron chi connectivity index (χ2n) is 7.52. The maximum absolute atomic E-state index is 13.7. The van der Waals surface area contributed by atoms with Gasteiger partial charge in [-0.2, -0.15) is 8.78 Å². The lowest BCUT2D eigenvalue weighted by Gasteiger charge is -2.25. The Bertz CT molecular complexity index is 1020. The zero-order valence-corrected chi connectivity index (χ0v) is 17.3. The first-order valence-electron chi connectivity index (χ1n) is 9.52. The molecule has 2 aromatic carbocycles. The van der Waals surface area contributed by atoms with E-state index in [4.69, 9.17) is 0 Å². The van der Waals surface area contributed by atoms with Crippen LogP contribution in [0.3, 0.4) is 0 Å². The topological polar surface area (TPSA) is 50.2 Å². The monoisotopic (exact) mass is 400 g/mol. The quantitative estimate of drug-likeness (QED) is 0.634. The third-order valence-corrected chi connectivity index (χ3v) is 5.19. The Kier molecular flexibility index (Phi) is 5.98. The second-order valence-corrected chi connectivity index (χ2v) is 7.52. The van der Waals surface area contributed by atoms with E-state index in [2.05, 4.69) is 10.3 Å². The largest absolute Gasteiger partial charge is 0.324 e. The Morgan fingerprint density at radius 1 is 1.17 bits per heavy atom. The molecular weight excluding hydrogens is 374 g/mol. The summed E-state index contributed by atoms with van der Waals surface area (Å²) >= 11 is 0. The molecule has 0 aliphatic carbocycles. The van der Waals surface area contributed by atoms with Crippen molar-refractivity contribution in [1.29, 1.82) is 0 Å². The van der Waals surface area contributed by atoms with Crippen LogP contribution in [-0.4, -0.2) is 34.0 Å². The number of hydrogen-bond acceptors (Lipinski definition) is 3. The summed E-state index contributed by atoms with van der Waals surface area (Å²) in [6.45, 7) is 5.03. The highest BCUT2D eigenvalue weighted by Gasteiger charge is 2.25. The van der Waals surface area contributed by atoms with Gasteiger partial charge in [-0.15, -0.1) is 0 Å². The average Bonchev–Trinajstić information content (AvgIpc) is 3.03. The zero-order chi connectivity index (χ0) is 21.3. The molecule has 0 saturated carbocycles. The van der Waals surface area contributed by atoms with E-state index in [1.807, 2.05) is 32.9 Å². The molecule has 0 fully saturated rings. The van der Waals surface area contributed by atoms with Crippen LogP contribution in [0.5, 0.6) is 0 Å². The maximum Gasteiger partial charge on any atom is 0.320 e. The Morgan fingerprint density at radius 3 is 2.41 bits per heavy atom. The molecule has 1 heterocycles. The van der Waals surface area contributed by atoms with Crippen LogP contribution in [0.2, 0.25) is 0 Å². The fourth-order valence-electron chi connectivity index (χ4n) is 3.68. The highest BCUT2D eigenvalue weighted by atomic mass is 19.3. The van der Waals surface area contributed by atoms with Gasteiger partial charge in [-0.25, -0.2) is 4.98 Å². The number of carbonyl (C=O) groups is 1. The fourth-order valence-corrected chi connectivity index (χ4v) is 3.68. The van der Waals surface area contributed by atoms with Gasteiger partial charge in [-0.05, 0) is 58.0 Å². The van der Waals surface area contributed by atoms with Crippen LogP contribution in [0, 0.1) is 20.8 Å². The number of amides is 1. The molecule has 0 unspecified atom stereocenters. The van der Waals surface area contributed by atoms with Gasteiger partial charge in [0.15, 0.2) is 0 Å². The third-order valence-electron chi connectivity index (χ3n) is 5.19. The van der Waals surface area contributed by atoms with Crippen molar-refractivity contribution in [3.8, 4) is 0 Å². The number of imidazole rings is 1. The number of nitrogens with zero attached hydrogens (tertiary/aromatic N) is 3. The van der Waals surface area contributed by atoms with Gasteiger partial charge in [0.1, 0.15) is 5.82 Å². The molecule has 0 saturated heterocycles. The number of halogens is 2. The predicted molar refractivity (Wildman–Crippen MR) is 111 cm³/mol. The molecule has 29 heavy (non-hydrogen) atoms. The third kappa shape index (κ3) is 4.29. The SMILES string of the molecule is Cc1cc(C)c(NC(=O)CN(C)[C@@H](C)c2nc3ccccc3n2C(F)F)c(C)c1. The Morgan fingerprint density at radius 2 is 1.79 bits per heavy atom. The minimum atomic E-state index is -2.71. The van der Waals surface area contributed by atoms with Gasteiger partial charge in [0.05, 0.1) is 23.6 Å². The highest BCUT2D eigenvalue weighted by Crippen LogP contribution is 2.29. The Hall–Kier alpha value is -2.80. The number of rotatable bonds is 6. The number of benzene rings is 2. The standard InChI is InChI=1S/C22H26F2N4O/c1-13-10-14(2)20(15(3)11-13)26-19(29)12-27(5)16(4)21-25-17-8-6-7-9-18(17)28(21)22(23)24/h6-11,16,22H,12H2,1-5H3,(H,26,29)/t16-/m0/s1. The predicted octanol–water partition coefficient (Wildman–Crippen LogP) is 4.99. The van der Waals surface area contributed by atoms with E-state index in [0.29, 0.717) is 11.0 Å². The molecule has 0 radical (unpaired) electrons. The average molecular weight is 400 g/mol. The van der Waals surface area contributed by atoms with E-state index in [1.165, 1.54) is 0 Å². The van der Waals surface area contributed by atoms with Crippen LogP contribution in [-0.2, 0) is 4.79 Å². The number of fused-ring (bicyclic) bond motifs is 1. The number of anilines is 1. The molecule has 1 N–H and O–H groups in total. The molecule has 0 aliphatic heterocycles. The van der Waals surface area contributed by atoms with Gasteiger partial charge < -0.3 is 5.32 Å². The van der Waals surface area contributed by atoms with Crippen LogP contribution in [0.15, 0.2) is 36.4 Å². The summed E-state index contributed by atoms with van der Waals surface area (Å²) < 4.78 is 28.4. The van der Waals surface area contributed by atoms with Crippen LogP contribution < -0.4 is 5.32 Å². The van der Waals surface area contributed by atoms with Crippen LogP contribution in [0.1, 0.15) is 42.0 Å². The van der Waals surface area contributed by atoms with Crippen molar-refractivity contribution in [2.24, 2.45) is 0 Å². The van der Waals surface area contributed by atoms with E-state index in [9.17, 15) is 13.6 Å². The molecule has 154 valence electrons. The van der Waals surface area contributed by atoms with Crippen LogP contribution in [0.4, 0.5) is 14.5 Å². The minimum Gasteiger partial charge on any atom is -0.324 e. The smallest absolute Gasteiger partial charge is 0.320 e. The number of likely N-dealkylation sites (N-methyl/N-ethyl adjacent to an activating group) is 1. The van der Waals surface area contributed by atoms with Crippen molar-refractivity contribution in [1.82, 2.24) is 14.5 Å². The summed E-state index contributed by atoms with van der Waals surface area (Å²) in [7, 11) is 1.73. The van der Waals surface area contributed by atoms with Crippen molar-refractivity contribution < 1.29 is 13.6 Å². The fraction of sp³-hybridized carbons (Fsp3) is 0.364. The van der Waals surface area contributed by atoms with Gasteiger partial charge in [-0.1, -0.05) is 29.8 Å². The van der Waals surface area contributed by atoms with Crippen molar-refractivity contribution in [2.75, 3.05) is 18.9 Å². The maximum atomic E-state index is 13.7. The number of nitrogens with one attached hydrogen (secondary N) is 1. The lowest BCUT2D eigenvalue weighted by Crippen LogP contribution is -2.33. The Balaban J connectivity index is 1.79. The van der Waals surface area contributed by atoms with E-state index in [0.717, 1.165) is 26.9 Å². The molecule has 1 aromatic heterocycles. The van der Waals surface area contributed by atoms with Gasteiger partial charge >= 0.3 is 6.55 Å². The number of hydrogen-bond donors (Lipinski definition) is 1. The van der Waals surface area contributed by atoms with Crippen molar-refractivity contribution in [3.63, 3.8) is 0 Å². The van der Waals surface area contributed by atoms with Crippen molar-refractivity contribution in [2.45, 2.75) is 40.3 Å². The van der Waals surface area contributed by atoms with E-state index in [1.54, 1.807) is 43.1 Å². The minimum absolute atomic E-state index is 0.0559. The summed E-state index contributed by atoms with van der Waals surface area (Å²) in [6, 6.07) is 10.4. The van der Waals surface area contributed by atoms with E-state index < -0.39 is 12.6 Å². The Labute approximate surface area is 169 Å². The lowest BCUT2D eigenvalue weighted by molar-refractivity contribution is -0.117. The molecule has 0 bridgehead atoms. The molecule has 3 aromatic rings. The van der Waals surface area contributed by atoms with Crippen molar-refractivity contribution in [3.05, 3.63) is 58.9 Å². The zero-order valence-electron chi connectivity index (χ0n) is 17.3. The molecule has 1 atom stereocenters. The van der Waals surface area contributed by atoms with Gasteiger partial charge in [-0.3, -0.25) is 14.3 Å². The number of aryl methyl sites for hydroxylation is 3. The second kappa shape index (κ2) is 8.29. The normalized spacial score (nSPS) is 12.7. The first-order valence-corrected chi connectivity index (χ1v) is 9.52. The number of alkyl halides is 2. The number of aromatic nitrogens is 2. The summed E-state index contributed by atoms with van der Waals surface area (Å²) in [5.41, 5.74) is 4.81. The first kappa shape index (κ1) is 20.9. The summed E-state index contributed by atoms with van der Waals surface area (Å²) in [6.07, 6.45) is 0. The van der Waals surface area contributed by atoms with E-state index >= 15 is 0 Å². The summed E-state index contributed by atoms with van der Waals surface area (Å²) in [5.74, 6) is 0.0355. The van der Waals surface area contributed by atoms with Gasteiger partial charge in [0.2, 0.25) is 5.91 Å². The molecule has 3 rings (SSSR count). The lowest BCUT2D eigenvalue weighted by atomic mass is 10.1. The molecule has 0 spiro atoms. The van der Waals surface area contributed by atoms with Crippen LogP contribution in [0.25, 0.3) is 11.0 Å². The van der Waals surface area contributed by atoms with E-state index in [-0.39, 0.29) is 18.3 Å². The molecule has 1 amide bonds. The van der Waals surface area contributed by atoms with Crippen LogP contribution >= 0.6 is 0 Å². The first-order chi connectivity index (χ1) is 13.7. The molecule has 0 aliphatic rings. The number of para-hydroxylation sites is 2.